The summed E-state index contributed by atoms with van der Waals surface area (Å²) in [4.78, 5) is 10.7. The molecule has 16 heavy (non-hydrogen) atoms. The second-order valence-corrected chi connectivity index (χ2v) is 3.72. The lowest BCUT2D eigenvalue weighted by Crippen LogP contribution is -1.98. The van der Waals surface area contributed by atoms with E-state index in [-0.39, 0.29) is 0 Å². The quantitative estimate of drug-likeness (QED) is 0.612. The van der Waals surface area contributed by atoms with E-state index >= 15 is 0 Å². The predicted molar refractivity (Wildman–Crippen MR) is 66.4 cm³/mol. The zero-order valence-corrected chi connectivity index (χ0v) is 9.10. The van der Waals surface area contributed by atoms with E-state index in [2.05, 4.69) is 0 Å². The van der Waals surface area contributed by atoms with Crippen LogP contribution in [0.25, 0.3) is 11.1 Å². The number of benzene rings is 2. The smallest absolute Gasteiger partial charge is 0.152 e. The van der Waals surface area contributed by atoms with Gasteiger partial charge in [-0.2, -0.15) is 0 Å². The highest BCUT2D eigenvalue weighted by Crippen LogP contribution is 2.28. The number of carbonyl (C=O) groups is 1. The highest BCUT2D eigenvalue weighted by molar-refractivity contribution is 5.88. The Labute approximate surface area is 94.7 Å². The molecule has 0 saturated heterocycles. The Morgan fingerprint density at radius 1 is 1.06 bits per heavy atom. The van der Waals surface area contributed by atoms with E-state index in [1.54, 1.807) is 6.07 Å². The van der Waals surface area contributed by atoms with Crippen LogP contribution in [0.15, 0.2) is 42.5 Å². The molecule has 0 amide bonds. The molecule has 2 aromatic rings. The van der Waals surface area contributed by atoms with Gasteiger partial charge in [0.2, 0.25) is 0 Å². The van der Waals surface area contributed by atoms with E-state index in [0.29, 0.717) is 11.3 Å². The molecule has 0 heterocycles. The van der Waals surface area contributed by atoms with Crippen LogP contribution in [0.3, 0.4) is 0 Å². The first kappa shape index (κ1) is 10.4. The average molecular weight is 211 g/mol. The number of carbonyl (C=O) groups excluding carboxylic acids is 1. The molecule has 0 aliphatic rings. The largest absolute Gasteiger partial charge is 0.398 e. The molecular formula is C14H13NO. The highest BCUT2D eigenvalue weighted by atomic mass is 16.1. The van der Waals surface area contributed by atoms with Crippen molar-refractivity contribution < 1.29 is 4.79 Å². The summed E-state index contributed by atoms with van der Waals surface area (Å²) < 4.78 is 0. The fourth-order valence-electron chi connectivity index (χ4n) is 1.78. The molecule has 2 nitrogen and oxygen atoms in total. The molecule has 0 bridgehead atoms. The minimum Gasteiger partial charge on any atom is -0.398 e. The van der Waals surface area contributed by atoms with Crippen LogP contribution < -0.4 is 5.73 Å². The molecule has 2 N–H and O–H groups in total. The summed E-state index contributed by atoms with van der Waals surface area (Å²) in [6.45, 7) is 1.94. The Kier molecular flexibility index (Phi) is 2.73. The lowest BCUT2D eigenvalue weighted by atomic mass is 9.97. The maximum absolute atomic E-state index is 10.7. The standard InChI is InChI=1S/C14H13NO/c1-10-13(11-5-3-2-4-6-11)8-7-12(9-16)14(10)15/h2-9H,15H2,1H3. The van der Waals surface area contributed by atoms with E-state index in [0.717, 1.165) is 23.0 Å². The molecule has 0 unspecified atom stereocenters. The second kappa shape index (κ2) is 4.19. The van der Waals surface area contributed by atoms with Gasteiger partial charge in [0, 0.05) is 11.3 Å². The van der Waals surface area contributed by atoms with Gasteiger partial charge in [-0.25, -0.2) is 0 Å². The van der Waals surface area contributed by atoms with Gasteiger partial charge >= 0.3 is 0 Å². The Hall–Kier alpha value is -2.09. The molecule has 2 rings (SSSR count). The number of rotatable bonds is 2. The minimum atomic E-state index is 0.553. The van der Waals surface area contributed by atoms with Crippen LogP contribution in [-0.2, 0) is 0 Å². The second-order valence-electron chi connectivity index (χ2n) is 3.72. The molecule has 0 fully saturated rings. The Balaban J connectivity index is 2.60. The Morgan fingerprint density at radius 2 is 1.75 bits per heavy atom. The maximum atomic E-state index is 10.7. The van der Waals surface area contributed by atoms with Crippen LogP contribution >= 0.6 is 0 Å². The predicted octanol–water partition coefficient (Wildman–Crippen LogP) is 3.06. The van der Waals surface area contributed by atoms with Crippen LogP contribution in [0, 0.1) is 6.92 Å². The van der Waals surface area contributed by atoms with E-state index < -0.39 is 0 Å². The summed E-state index contributed by atoms with van der Waals surface area (Å²) in [6.07, 6.45) is 0.789. The van der Waals surface area contributed by atoms with Crippen LogP contribution in [0.2, 0.25) is 0 Å². The summed E-state index contributed by atoms with van der Waals surface area (Å²) in [5.74, 6) is 0. The Morgan fingerprint density at radius 3 is 2.38 bits per heavy atom. The fourth-order valence-corrected chi connectivity index (χ4v) is 1.78. The first-order chi connectivity index (χ1) is 7.74. The topological polar surface area (TPSA) is 43.1 Å². The van der Waals surface area contributed by atoms with Crippen LogP contribution in [0.1, 0.15) is 15.9 Å². The van der Waals surface area contributed by atoms with Gasteiger partial charge in [0.05, 0.1) is 0 Å². The number of anilines is 1. The van der Waals surface area contributed by atoms with Crippen LogP contribution in [0.4, 0.5) is 5.69 Å². The fraction of sp³-hybridized carbons (Fsp3) is 0.0714. The molecule has 0 aliphatic carbocycles. The van der Waals surface area contributed by atoms with Crippen molar-refractivity contribution in [2.24, 2.45) is 0 Å². The number of hydrogen-bond acceptors (Lipinski definition) is 2. The van der Waals surface area contributed by atoms with Gasteiger partial charge in [0.25, 0.3) is 0 Å². The van der Waals surface area contributed by atoms with Gasteiger partial charge in [-0.05, 0) is 29.7 Å². The SMILES string of the molecule is Cc1c(-c2ccccc2)ccc(C=O)c1N. The van der Waals surface area contributed by atoms with Gasteiger partial charge in [-0.3, -0.25) is 4.79 Å². The summed E-state index contributed by atoms with van der Waals surface area (Å²) in [5.41, 5.74) is 10.2. The van der Waals surface area contributed by atoms with Crippen molar-refractivity contribution in [1.82, 2.24) is 0 Å². The number of aldehydes is 1. The van der Waals surface area contributed by atoms with Crippen molar-refractivity contribution in [1.29, 1.82) is 0 Å². The molecule has 0 radical (unpaired) electrons. The molecule has 2 heteroatoms. The van der Waals surface area contributed by atoms with Crippen molar-refractivity contribution in [2.75, 3.05) is 5.73 Å². The van der Waals surface area contributed by atoms with Crippen molar-refractivity contribution in [3.05, 3.63) is 53.6 Å². The minimum absolute atomic E-state index is 0.553. The number of hydrogen-bond donors (Lipinski definition) is 1. The lowest BCUT2D eigenvalue weighted by Gasteiger charge is -2.10. The van der Waals surface area contributed by atoms with Gasteiger partial charge in [-0.1, -0.05) is 36.4 Å². The third kappa shape index (κ3) is 1.70. The Bertz CT molecular complexity index is 518. The normalized spacial score (nSPS) is 10.1. The molecule has 80 valence electrons. The average Bonchev–Trinajstić information content (AvgIpc) is 2.34. The molecule has 0 spiro atoms. The summed E-state index contributed by atoms with van der Waals surface area (Å²) >= 11 is 0. The third-order valence-electron chi connectivity index (χ3n) is 2.76. The first-order valence-electron chi connectivity index (χ1n) is 5.13. The summed E-state index contributed by atoms with van der Waals surface area (Å²) in [5, 5.41) is 0. The summed E-state index contributed by atoms with van der Waals surface area (Å²) in [6, 6.07) is 13.7. The van der Waals surface area contributed by atoms with Gasteiger partial charge in [-0.15, -0.1) is 0 Å². The summed E-state index contributed by atoms with van der Waals surface area (Å²) in [7, 11) is 0. The first-order valence-corrected chi connectivity index (χ1v) is 5.13. The zero-order chi connectivity index (χ0) is 11.5. The molecule has 0 aliphatic heterocycles. The van der Waals surface area contributed by atoms with E-state index in [4.69, 9.17) is 5.73 Å². The van der Waals surface area contributed by atoms with Crippen molar-refractivity contribution >= 4 is 12.0 Å². The number of nitrogen functional groups attached to an aromatic ring is 1. The maximum Gasteiger partial charge on any atom is 0.152 e. The van der Waals surface area contributed by atoms with Gasteiger partial charge < -0.3 is 5.73 Å². The van der Waals surface area contributed by atoms with Crippen LogP contribution in [0.5, 0.6) is 0 Å². The van der Waals surface area contributed by atoms with Gasteiger partial charge in [0.1, 0.15) is 0 Å². The van der Waals surface area contributed by atoms with E-state index in [1.807, 2.05) is 43.3 Å². The lowest BCUT2D eigenvalue weighted by molar-refractivity contribution is 0.112. The highest BCUT2D eigenvalue weighted by Gasteiger charge is 2.07. The van der Waals surface area contributed by atoms with E-state index in [9.17, 15) is 4.79 Å². The monoisotopic (exact) mass is 211 g/mol. The molecule has 0 atom stereocenters. The molecule has 0 saturated carbocycles. The molecule has 0 aromatic heterocycles. The number of nitrogens with two attached hydrogens (primary N) is 1. The van der Waals surface area contributed by atoms with E-state index in [1.165, 1.54) is 0 Å². The van der Waals surface area contributed by atoms with Crippen molar-refractivity contribution in [3.8, 4) is 11.1 Å². The van der Waals surface area contributed by atoms with Crippen LogP contribution in [-0.4, -0.2) is 6.29 Å². The van der Waals surface area contributed by atoms with Gasteiger partial charge in [0.15, 0.2) is 6.29 Å². The molecule has 2 aromatic carbocycles. The van der Waals surface area contributed by atoms with Crippen molar-refractivity contribution in [3.63, 3.8) is 0 Å². The zero-order valence-electron chi connectivity index (χ0n) is 9.10. The molecular weight excluding hydrogens is 198 g/mol. The van der Waals surface area contributed by atoms with Crippen molar-refractivity contribution in [2.45, 2.75) is 6.92 Å². The third-order valence-corrected chi connectivity index (χ3v) is 2.76.